The van der Waals surface area contributed by atoms with E-state index < -0.39 is 34.3 Å². The lowest BCUT2D eigenvalue weighted by Crippen LogP contribution is -2.53. The molecule has 0 aliphatic heterocycles. The van der Waals surface area contributed by atoms with Crippen LogP contribution < -0.4 is 9.62 Å². The molecule has 41 heavy (non-hydrogen) atoms. The van der Waals surface area contributed by atoms with Gasteiger partial charge < -0.3 is 10.2 Å². The third kappa shape index (κ3) is 7.65. The fourth-order valence-electron chi connectivity index (χ4n) is 4.94. The van der Waals surface area contributed by atoms with E-state index >= 15 is 0 Å². The molecule has 1 aliphatic rings. The number of hydrogen-bond acceptors (Lipinski definition) is 4. The van der Waals surface area contributed by atoms with Crippen molar-refractivity contribution in [2.24, 2.45) is 0 Å². The van der Waals surface area contributed by atoms with E-state index in [2.05, 4.69) is 5.32 Å². The van der Waals surface area contributed by atoms with E-state index in [0.29, 0.717) is 5.02 Å². The maximum Gasteiger partial charge on any atom is 0.264 e. The average molecular weight is 600 g/mol. The van der Waals surface area contributed by atoms with Crippen LogP contribution in [0.5, 0.6) is 0 Å². The zero-order valence-electron chi connectivity index (χ0n) is 23.2. The zero-order valence-corrected chi connectivity index (χ0v) is 24.8. The first-order valence-corrected chi connectivity index (χ1v) is 15.6. The quantitative estimate of drug-likeness (QED) is 0.317. The summed E-state index contributed by atoms with van der Waals surface area (Å²) in [5, 5.41) is 3.41. The number of nitrogens with zero attached hydrogens (tertiary/aromatic N) is 2. The highest BCUT2D eigenvalue weighted by Gasteiger charge is 2.33. The van der Waals surface area contributed by atoms with Crippen molar-refractivity contribution in [1.82, 2.24) is 10.2 Å². The number of sulfonamides is 1. The first kappa shape index (κ1) is 30.5. The van der Waals surface area contributed by atoms with Crippen molar-refractivity contribution in [3.63, 3.8) is 0 Å². The average Bonchev–Trinajstić information content (AvgIpc) is 2.96. The Balaban J connectivity index is 1.68. The van der Waals surface area contributed by atoms with Crippen molar-refractivity contribution >= 4 is 39.1 Å². The molecule has 0 spiro atoms. The van der Waals surface area contributed by atoms with Gasteiger partial charge in [-0.05, 0) is 69.2 Å². The number of carbonyl (C=O) groups excluding carboxylic acids is 2. The molecule has 1 atom stereocenters. The van der Waals surface area contributed by atoms with Gasteiger partial charge in [-0.25, -0.2) is 12.8 Å². The molecule has 3 aromatic carbocycles. The molecule has 0 radical (unpaired) electrons. The van der Waals surface area contributed by atoms with Crippen molar-refractivity contribution in [2.45, 2.75) is 69.5 Å². The lowest BCUT2D eigenvalue weighted by Gasteiger charge is -2.33. The number of aryl methyl sites for hydroxylation is 1. The Labute approximate surface area is 246 Å². The van der Waals surface area contributed by atoms with Crippen LogP contribution in [0.1, 0.15) is 50.2 Å². The lowest BCUT2D eigenvalue weighted by molar-refractivity contribution is -0.139. The molecule has 1 fully saturated rings. The number of benzene rings is 3. The van der Waals surface area contributed by atoms with Crippen LogP contribution in [0.25, 0.3) is 0 Å². The largest absolute Gasteiger partial charge is 0.352 e. The van der Waals surface area contributed by atoms with E-state index in [1.807, 2.05) is 6.92 Å². The summed E-state index contributed by atoms with van der Waals surface area (Å²) in [5.41, 5.74) is 1.42. The number of anilines is 1. The molecule has 0 bridgehead atoms. The van der Waals surface area contributed by atoms with Crippen LogP contribution in [0.4, 0.5) is 10.1 Å². The van der Waals surface area contributed by atoms with Gasteiger partial charge in [0.25, 0.3) is 10.0 Å². The van der Waals surface area contributed by atoms with Gasteiger partial charge >= 0.3 is 0 Å². The normalized spacial score (nSPS) is 14.7. The molecular weight excluding hydrogens is 565 g/mol. The predicted molar refractivity (Wildman–Crippen MR) is 159 cm³/mol. The summed E-state index contributed by atoms with van der Waals surface area (Å²) in [5.74, 6) is -1.52. The Hall–Kier alpha value is -3.43. The van der Waals surface area contributed by atoms with Crippen LogP contribution in [-0.2, 0) is 26.2 Å². The molecule has 0 aromatic heterocycles. The van der Waals surface area contributed by atoms with Gasteiger partial charge in [-0.2, -0.15) is 0 Å². The standard InChI is InChI=1S/C31H35ClFN3O4S/c1-22-12-16-27(17-13-22)36(41(39,40)28-18-14-25(32)15-19-28)21-30(37)35(20-24-8-6-7-11-29(24)33)23(2)31(38)34-26-9-4-3-5-10-26/h6-8,11-19,23,26H,3-5,9-10,20-21H2,1-2H3,(H,34,38)/t23-/m0/s1. The van der Waals surface area contributed by atoms with Crippen molar-refractivity contribution in [3.05, 3.63) is 94.8 Å². The molecule has 0 unspecified atom stereocenters. The molecule has 10 heteroatoms. The molecule has 3 aromatic rings. The van der Waals surface area contributed by atoms with Gasteiger partial charge in [0, 0.05) is 23.2 Å². The molecule has 1 saturated carbocycles. The molecule has 0 saturated heterocycles. The SMILES string of the molecule is Cc1ccc(N(CC(=O)N(Cc2ccccc2F)[C@@H](C)C(=O)NC2CCCCC2)S(=O)(=O)c2ccc(Cl)cc2)cc1. The summed E-state index contributed by atoms with van der Waals surface area (Å²) < 4.78 is 43.4. The fraction of sp³-hybridized carbons (Fsp3) is 0.355. The molecule has 218 valence electrons. The van der Waals surface area contributed by atoms with Gasteiger partial charge in [-0.15, -0.1) is 0 Å². The molecule has 1 aliphatic carbocycles. The molecule has 7 nitrogen and oxygen atoms in total. The van der Waals surface area contributed by atoms with Gasteiger partial charge in [0.15, 0.2) is 0 Å². The van der Waals surface area contributed by atoms with Crippen LogP contribution in [0.3, 0.4) is 0 Å². The summed E-state index contributed by atoms with van der Waals surface area (Å²) in [7, 11) is -4.21. The number of rotatable bonds is 10. The number of amides is 2. The Bertz CT molecular complexity index is 1460. The van der Waals surface area contributed by atoms with E-state index in [4.69, 9.17) is 11.6 Å². The minimum absolute atomic E-state index is 0.0125. The van der Waals surface area contributed by atoms with Gasteiger partial charge in [-0.1, -0.05) is 66.8 Å². The van der Waals surface area contributed by atoms with E-state index in [-0.39, 0.29) is 34.6 Å². The zero-order chi connectivity index (χ0) is 29.6. The second-order valence-corrected chi connectivity index (χ2v) is 12.7. The smallest absolute Gasteiger partial charge is 0.264 e. The number of hydrogen-bond donors (Lipinski definition) is 1. The van der Waals surface area contributed by atoms with E-state index in [1.54, 1.807) is 49.4 Å². The summed E-state index contributed by atoms with van der Waals surface area (Å²) in [4.78, 5) is 28.5. The first-order chi connectivity index (χ1) is 19.6. The Morgan fingerprint density at radius 1 is 0.976 bits per heavy atom. The van der Waals surface area contributed by atoms with Crippen LogP contribution in [-0.4, -0.2) is 43.8 Å². The van der Waals surface area contributed by atoms with Gasteiger partial charge in [0.1, 0.15) is 18.4 Å². The summed E-state index contributed by atoms with van der Waals surface area (Å²) in [6.45, 7) is 2.66. The molecule has 2 amide bonds. The lowest BCUT2D eigenvalue weighted by atomic mass is 9.95. The summed E-state index contributed by atoms with van der Waals surface area (Å²) >= 11 is 5.99. The van der Waals surface area contributed by atoms with E-state index in [0.717, 1.165) is 42.0 Å². The minimum Gasteiger partial charge on any atom is -0.352 e. The monoisotopic (exact) mass is 599 g/mol. The Kier molecular flexibility index (Phi) is 10.0. The second-order valence-electron chi connectivity index (χ2n) is 10.4. The minimum atomic E-state index is -4.21. The third-order valence-electron chi connectivity index (χ3n) is 7.42. The molecule has 1 N–H and O–H groups in total. The second kappa shape index (κ2) is 13.5. The van der Waals surface area contributed by atoms with Gasteiger partial charge in [0.2, 0.25) is 11.8 Å². The maximum atomic E-state index is 14.7. The molecular formula is C31H35ClFN3O4S. The third-order valence-corrected chi connectivity index (χ3v) is 9.46. The topological polar surface area (TPSA) is 86.8 Å². The van der Waals surface area contributed by atoms with Gasteiger partial charge in [0.05, 0.1) is 10.6 Å². The Morgan fingerprint density at radius 2 is 1.61 bits per heavy atom. The highest BCUT2D eigenvalue weighted by Crippen LogP contribution is 2.26. The van der Waals surface area contributed by atoms with Crippen LogP contribution >= 0.6 is 11.6 Å². The van der Waals surface area contributed by atoms with E-state index in [9.17, 15) is 22.4 Å². The van der Waals surface area contributed by atoms with Gasteiger partial charge in [-0.3, -0.25) is 13.9 Å². The fourth-order valence-corrected chi connectivity index (χ4v) is 6.48. The van der Waals surface area contributed by atoms with Crippen molar-refractivity contribution < 1.29 is 22.4 Å². The van der Waals surface area contributed by atoms with E-state index in [1.165, 1.54) is 35.2 Å². The number of halogens is 2. The van der Waals surface area contributed by atoms with Crippen molar-refractivity contribution in [3.8, 4) is 0 Å². The summed E-state index contributed by atoms with van der Waals surface area (Å²) in [6.07, 6.45) is 4.88. The van der Waals surface area contributed by atoms with Crippen molar-refractivity contribution in [2.75, 3.05) is 10.8 Å². The Morgan fingerprint density at radius 3 is 2.24 bits per heavy atom. The van der Waals surface area contributed by atoms with Crippen LogP contribution in [0, 0.1) is 12.7 Å². The highest BCUT2D eigenvalue weighted by molar-refractivity contribution is 7.92. The molecule has 0 heterocycles. The highest BCUT2D eigenvalue weighted by atomic mass is 35.5. The predicted octanol–water partition coefficient (Wildman–Crippen LogP) is 5.85. The maximum absolute atomic E-state index is 14.7. The van der Waals surface area contributed by atoms with Crippen LogP contribution in [0.2, 0.25) is 5.02 Å². The number of nitrogens with one attached hydrogen (secondary N) is 1. The number of carbonyl (C=O) groups is 2. The van der Waals surface area contributed by atoms with Crippen LogP contribution in [0.15, 0.2) is 77.7 Å². The van der Waals surface area contributed by atoms with Crippen molar-refractivity contribution in [1.29, 1.82) is 0 Å². The summed E-state index contributed by atoms with van der Waals surface area (Å²) in [6, 6.07) is 17.5. The first-order valence-electron chi connectivity index (χ1n) is 13.7. The molecule has 4 rings (SSSR count).